The molecule has 3 aromatic rings. The van der Waals surface area contributed by atoms with E-state index in [0.29, 0.717) is 10.2 Å². The van der Waals surface area contributed by atoms with Gasteiger partial charge in [0.2, 0.25) is 0 Å². The molecule has 1 aromatic heterocycles. The second kappa shape index (κ2) is 6.35. The Balaban J connectivity index is 1.57. The first-order chi connectivity index (χ1) is 11.3. The maximum atomic E-state index is 6.00. The van der Waals surface area contributed by atoms with E-state index in [9.17, 15) is 0 Å². The molecule has 0 N–H and O–H groups in total. The number of thiazole rings is 1. The second-order valence-electron chi connectivity index (χ2n) is 5.29. The Morgan fingerprint density at radius 2 is 2.00 bits per heavy atom. The zero-order chi connectivity index (χ0) is 15.6. The number of aromatic nitrogens is 1. The van der Waals surface area contributed by atoms with Crippen molar-refractivity contribution in [1.29, 1.82) is 0 Å². The minimum absolute atomic E-state index is 0.626. The Labute approximate surface area is 143 Å². The molecule has 0 radical (unpaired) electrons. The molecule has 1 fully saturated rings. The normalized spacial score (nSPS) is 15.1. The van der Waals surface area contributed by atoms with Crippen molar-refractivity contribution in [3.8, 4) is 10.9 Å². The van der Waals surface area contributed by atoms with Crippen LogP contribution in [0.1, 0.15) is 0 Å². The summed E-state index contributed by atoms with van der Waals surface area (Å²) in [6.45, 7) is 3.35. The molecular formula is C17H15ClN2O2S. The van der Waals surface area contributed by atoms with E-state index in [2.05, 4.69) is 16.0 Å². The molecule has 0 saturated carbocycles. The highest BCUT2D eigenvalue weighted by atomic mass is 35.5. The fraction of sp³-hybridized carbons (Fsp3) is 0.235. The lowest BCUT2D eigenvalue weighted by atomic mass is 10.2. The lowest BCUT2D eigenvalue weighted by molar-refractivity contribution is 0.122. The predicted molar refractivity (Wildman–Crippen MR) is 94.2 cm³/mol. The van der Waals surface area contributed by atoms with Crippen LogP contribution < -0.4 is 9.64 Å². The zero-order valence-electron chi connectivity index (χ0n) is 12.4. The maximum Gasteiger partial charge on any atom is 0.279 e. The number of rotatable bonds is 3. The average Bonchev–Trinajstić information content (AvgIpc) is 2.97. The number of benzene rings is 2. The smallest absolute Gasteiger partial charge is 0.279 e. The van der Waals surface area contributed by atoms with Crippen LogP contribution in [0.5, 0.6) is 10.9 Å². The maximum absolute atomic E-state index is 6.00. The van der Waals surface area contributed by atoms with Crippen molar-refractivity contribution in [2.75, 3.05) is 31.2 Å². The van der Waals surface area contributed by atoms with Crippen molar-refractivity contribution in [2.45, 2.75) is 0 Å². The molecule has 0 amide bonds. The summed E-state index contributed by atoms with van der Waals surface area (Å²) in [4.78, 5) is 6.79. The van der Waals surface area contributed by atoms with Crippen molar-refractivity contribution in [2.24, 2.45) is 0 Å². The summed E-state index contributed by atoms with van der Waals surface area (Å²) in [6.07, 6.45) is 0. The van der Waals surface area contributed by atoms with Crippen LogP contribution >= 0.6 is 22.9 Å². The SMILES string of the molecule is Clc1ccc2sc(Oc3cccc(N4CCOCC4)c3)nc2c1. The predicted octanol–water partition coefficient (Wildman–Crippen LogP) is 4.58. The van der Waals surface area contributed by atoms with Gasteiger partial charge in [-0.05, 0) is 30.3 Å². The van der Waals surface area contributed by atoms with Crippen LogP contribution in [0.25, 0.3) is 10.2 Å². The Morgan fingerprint density at radius 3 is 2.87 bits per heavy atom. The minimum atomic E-state index is 0.626. The van der Waals surface area contributed by atoms with E-state index in [1.54, 1.807) is 0 Å². The van der Waals surface area contributed by atoms with Crippen LogP contribution in [-0.2, 0) is 4.74 Å². The molecular weight excluding hydrogens is 332 g/mol. The number of hydrogen-bond donors (Lipinski definition) is 0. The van der Waals surface area contributed by atoms with Crippen molar-refractivity contribution in [3.63, 3.8) is 0 Å². The standard InChI is InChI=1S/C17H15ClN2O2S/c18-12-4-5-16-15(10-12)19-17(23-16)22-14-3-1-2-13(11-14)20-6-8-21-9-7-20/h1-5,10-11H,6-9H2. The summed E-state index contributed by atoms with van der Waals surface area (Å²) in [5, 5.41) is 1.31. The van der Waals surface area contributed by atoms with Crippen LogP contribution in [0.3, 0.4) is 0 Å². The number of halogens is 1. The van der Waals surface area contributed by atoms with Gasteiger partial charge in [0, 0.05) is 29.9 Å². The van der Waals surface area contributed by atoms with Crippen LogP contribution in [0.4, 0.5) is 5.69 Å². The van der Waals surface area contributed by atoms with Crippen LogP contribution in [0, 0.1) is 0 Å². The van der Waals surface area contributed by atoms with E-state index in [1.165, 1.54) is 11.3 Å². The first-order valence-corrected chi connectivity index (χ1v) is 8.64. The molecule has 4 rings (SSSR count). The highest BCUT2D eigenvalue weighted by molar-refractivity contribution is 7.20. The number of morpholine rings is 1. The Hall–Kier alpha value is -1.82. The van der Waals surface area contributed by atoms with Gasteiger partial charge >= 0.3 is 0 Å². The Morgan fingerprint density at radius 1 is 1.13 bits per heavy atom. The number of anilines is 1. The largest absolute Gasteiger partial charge is 0.431 e. The highest BCUT2D eigenvalue weighted by Gasteiger charge is 2.12. The molecule has 1 aliphatic heterocycles. The fourth-order valence-corrected chi connectivity index (χ4v) is 3.57. The molecule has 0 atom stereocenters. The Kier molecular flexibility index (Phi) is 4.08. The fourth-order valence-electron chi connectivity index (χ4n) is 2.59. The van der Waals surface area contributed by atoms with Gasteiger partial charge in [0.15, 0.2) is 0 Å². The summed E-state index contributed by atoms with van der Waals surface area (Å²) < 4.78 is 12.4. The lowest BCUT2D eigenvalue weighted by Gasteiger charge is -2.28. The quantitative estimate of drug-likeness (QED) is 0.695. The van der Waals surface area contributed by atoms with E-state index < -0.39 is 0 Å². The number of ether oxygens (including phenoxy) is 2. The summed E-state index contributed by atoms with van der Waals surface area (Å²) in [5.74, 6) is 0.791. The van der Waals surface area contributed by atoms with E-state index in [4.69, 9.17) is 21.1 Å². The van der Waals surface area contributed by atoms with Gasteiger partial charge in [0.25, 0.3) is 5.19 Å². The average molecular weight is 347 g/mol. The first kappa shape index (κ1) is 14.8. The van der Waals surface area contributed by atoms with Gasteiger partial charge in [-0.1, -0.05) is 29.0 Å². The molecule has 118 valence electrons. The third-order valence-electron chi connectivity index (χ3n) is 3.73. The molecule has 4 nitrogen and oxygen atoms in total. The minimum Gasteiger partial charge on any atom is -0.431 e. The lowest BCUT2D eigenvalue weighted by Crippen LogP contribution is -2.36. The van der Waals surface area contributed by atoms with Crippen LogP contribution in [0.15, 0.2) is 42.5 Å². The molecule has 6 heteroatoms. The molecule has 2 aromatic carbocycles. The number of hydrogen-bond acceptors (Lipinski definition) is 5. The van der Waals surface area contributed by atoms with E-state index in [-0.39, 0.29) is 0 Å². The monoisotopic (exact) mass is 346 g/mol. The molecule has 0 spiro atoms. The molecule has 0 bridgehead atoms. The van der Waals surface area contributed by atoms with Crippen molar-refractivity contribution in [1.82, 2.24) is 4.98 Å². The van der Waals surface area contributed by atoms with Crippen molar-refractivity contribution < 1.29 is 9.47 Å². The third-order valence-corrected chi connectivity index (χ3v) is 4.88. The van der Waals surface area contributed by atoms with E-state index in [1.807, 2.05) is 36.4 Å². The molecule has 0 unspecified atom stereocenters. The molecule has 1 aliphatic rings. The first-order valence-electron chi connectivity index (χ1n) is 7.45. The molecule has 1 saturated heterocycles. The van der Waals surface area contributed by atoms with Crippen LogP contribution in [0.2, 0.25) is 5.02 Å². The topological polar surface area (TPSA) is 34.6 Å². The van der Waals surface area contributed by atoms with Gasteiger partial charge in [0.1, 0.15) is 5.75 Å². The van der Waals surface area contributed by atoms with E-state index in [0.717, 1.165) is 48.0 Å². The summed E-state index contributed by atoms with van der Waals surface area (Å²) >= 11 is 7.52. The molecule has 2 heterocycles. The van der Waals surface area contributed by atoms with Crippen LogP contribution in [-0.4, -0.2) is 31.3 Å². The van der Waals surface area contributed by atoms with Gasteiger partial charge in [0.05, 0.1) is 23.4 Å². The van der Waals surface area contributed by atoms with Gasteiger partial charge < -0.3 is 14.4 Å². The van der Waals surface area contributed by atoms with Gasteiger partial charge in [-0.15, -0.1) is 0 Å². The number of nitrogens with zero attached hydrogens (tertiary/aromatic N) is 2. The van der Waals surface area contributed by atoms with Gasteiger partial charge in [-0.25, -0.2) is 4.98 Å². The summed E-state index contributed by atoms with van der Waals surface area (Å²) in [5.41, 5.74) is 2.01. The van der Waals surface area contributed by atoms with Gasteiger partial charge in [-0.2, -0.15) is 0 Å². The third kappa shape index (κ3) is 3.27. The zero-order valence-corrected chi connectivity index (χ0v) is 13.9. The summed E-state index contributed by atoms with van der Waals surface area (Å²) in [7, 11) is 0. The highest BCUT2D eigenvalue weighted by Crippen LogP contribution is 2.33. The molecule has 0 aliphatic carbocycles. The van der Waals surface area contributed by atoms with Gasteiger partial charge in [-0.3, -0.25) is 0 Å². The summed E-state index contributed by atoms with van der Waals surface area (Å²) in [6, 6.07) is 13.8. The number of fused-ring (bicyclic) bond motifs is 1. The second-order valence-corrected chi connectivity index (χ2v) is 6.72. The van der Waals surface area contributed by atoms with Crippen molar-refractivity contribution >= 4 is 38.8 Å². The van der Waals surface area contributed by atoms with E-state index >= 15 is 0 Å². The molecule has 23 heavy (non-hydrogen) atoms. The Bertz CT molecular complexity index is 830. The van der Waals surface area contributed by atoms with Crippen molar-refractivity contribution in [3.05, 3.63) is 47.5 Å².